The molecule has 0 aliphatic rings. The van der Waals surface area contributed by atoms with Crippen molar-refractivity contribution in [1.82, 2.24) is 9.88 Å². The number of aromatic nitrogens is 1. The van der Waals surface area contributed by atoms with Crippen LogP contribution in [0.2, 0.25) is 23.2 Å². The van der Waals surface area contributed by atoms with Gasteiger partial charge >= 0.3 is 12.1 Å². The van der Waals surface area contributed by atoms with E-state index in [-0.39, 0.29) is 17.6 Å². The van der Waals surface area contributed by atoms with Gasteiger partial charge in [0, 0.05) is 41.3 Å². The molecule has 1 N–H and O–H groups in total. The number of halogens is 1. The maximum atomic E-state index is 13.7. The summed E-state index contributed by atoms with van der Waals surface area (Å²) >= 11 is 6.42. The predicted molar refractivity (Wildman–Crippen MR) is 184 cm³/mol. The van der Waals surface area contributed by atoms with Gasteiger partial charge in [-0.2, -0.15) is 0 Å². The van der Waals surface area contributed by atoms with Crippen LogP contribution in [0.3, 0.4) is 0 Å². The van der Waals surface area contributed by atoms with Crippen molar-refractivity contribution in [1.29, 1.82) is 0 Å². The van der Waals surface area contributed by atoms with Crippen molar-refractivity contribution < 1.29 is 23.5 Å². The number of pyridine rings is 1. The minimum Gasteiger partial charge on any atom is -0.465 e. The van der Waals surface area contributed by atoms with Crippen LogP contribution in [0.15, 0.2) is 67.0 Å². The molecule has 1 amide bonds. The fourth-order valence-corrected chi connectivity index (χ4v) is 5.87. The van der Waals surface area contributed by atoms with E-state index in [1.54, 1.807) is 17.2 Å². The van der Waals surface area contributed by atoms with Crippen molar-refractivity contribution in [2.24, 2.45) is 0 Å². The molecule has 8 nitrogen and oxygen atoms in total. The Morgan fingerprint density at radius 1 is 0.978 bits per heavy atom. The molecular formula is C35H48ClN3O5Si. The first-order valence-corrected chi connectivity index (χ1v) is 18.5. The van der Waals surface area contributed by atoms with Crippen LogP contribution in [0.5, 0.6) is 0 Å². The Balaban J connectivity index is 1.89. The number of carbonyl (C=O) groups excluding carboxylic acids is 2. The maximum absolute atomic E-state index is 13.7. The van der Waals surface area contributed by atoms with E-state index in [1.807, 2.05) is 76.2 Å². The van der Waals surface area contributed by atoms with Crippen LogP contribution in [0.1, 0.15) is 70.5 Å². The van der Waals surface area contributed by atoms with Gasteiger partial charge in [0.05, 0.1) is 25.3 Å². The van der Waals surface area contributed by atoms with Gasteiger partial charge in [-0.05, 0) is 87.3 Å². The fraction of sp³-hybridized carbons (Fsp3) is 0.457. The minimum absolute atomic E-state index is 0.0371. The molecule has 0 aliphatic carbocycles. The fourth-order valence-electron chi connectivity index (χ4n) is 4.40. The van der Waals surface area contributed by atoms with Crippen LogP contribution in [-0.4, -0.2) is 62.1 Å². The summed E-state index contributed by atoms with van der Waals surface area (Å²) in [5.41, 5.74) is 3.16. The molecule has 0 spiro atoms. The number of amides is 1. The number of hydrogen-bond acceptors (Lipinski definition) is 7. The lowest BCUT2D eigenvalue weighted by Gasteiger charge is -2.41. The molecule has 0 radical (unpaired) electrons. The Bertz CT molecular complexity index is 1470. The highest BCUT2D eigenvalue weighted by Crippen LogP contribution is 2.40. The van der Waals surface area contributed by atoms with Gasteiger partial charge in [-0.15, -0.1) is 0 Å². The molecule has 1 heterocycles. The number of carbonyl (C=O) groups is 2. The van der Waals surface area contributed by atoms with E-state index in [0.29, 0.717) is 17.1 Å². The molecule has 0 aliphatic heterocycles. The zero-order chi connectivity index (χ0) is 33.6. The largest absolute Gasteiger partial charge is 0.465 e. The first kappa shape index (κ1) is 36.1. The van der Waals surface area contributed by atoms with Gasteiger partial charge in [-0.25, -0.2) is 9.59 Å². The average Bonchev–Trinajstić information content (AvgIpc) is 2.96. The van der Waals surface area contributed by atoms with Gasteiger partial charge in [0.2, 0.25) is 0 Å². The normalized spacial score (nSPS) is 13.5. The Morgan fingerprint density at radius 3 is 2.29 bits per heavy atom. The van der Waals surface area contributed by atoms with Crippen molar-refractivity contribution in [3.8, 4) is 11.1 Å². The zero-order valence-electron chi connectivity index (χ0n) is 28.2. The average molecular weight is 654 g/mol. The van der Waals surface area contributed by atoms with Gasteiger partial charge in [-0.1, -0.05) is 56.6 Å². The van der Waals surface area contributed by atoms with Crippen LogP contribution in [0.4, 0.5) is 10.5 Å². The lowest BCUT2D eigenvalue weighted by atomic mass is 10.1. The predicted octanol–water partition coefficient (Wildman–Crippen LogP) is 8.99. The standard InChI is InChI=1S/C35H48ClN3O5Si/c1-24(20-38-30-16-12-13-25(19-30)27-17-28(22-37-21-27)32(40)42-8)39(33(41)43-34(2,3)4)23-31(26-14-11-15-29(36)18-26)44-45(9,10)35(5,6)7/h11-19,21-22,24,31,38H,20,23H2,1-10H3. The number of methoxy groups -OCH3 is 1. The molecule has 0 saturated heterocycles. The lowest BCUT2D eigenvalue weighted by molar-refractivity contribution is 0.00798. The van der Waals surface area contributed by atoms with E-state index < -0.39 is 32.1 Å². The summed E-state index contributed by atoms with van der Waals surface area (Å²) in [5, 5.41) is 4.06. The van der Waals surface area contributed by atoms with E-state index in [2.05, 4.69) is 44.2 Å². The van der Waals surface area contributed by atoms with Crippen LogP contribution in [0.25, 0.3) is 11.1 Å². The summed E-state index contributed by atoms with van der Waals surface area (Å²) in [5.74, 6) is -0.441. The number of esters is 1. The highest BCUT2D eigenvalue weighted by atomic mass is 35.5. The summed E-state index contributed by atoms with van der Waals surface area (Å²) in [6.07, 6.45) is 2.37. The van der Waals surface area contributed by atoms with Crippen molar-refractivity contribution in [2.45, 2.75) is 84.3 Å². The van der Waals surface area contributed by atoms with E-state index >= 15 is 0 Å². The molecule has 45 heavy (non-hydrogen) atoms. The Kier molecular flexibility index (Phi) is 11.9. The topological polar surface area (TPSA) is 90.0 Å². The van der Waals surface area contributed by atoms with Gasteiger partial charge < -0.3 is 24.1 Å². The van der Waals surface area contributed by atoms with E-state index in [1.165, 1.54) is 13.3 Å². The number of rotatable bonds is 11. The summed E-state index contributed by atoms with van der Waals surface area (Å²) in [6.45, 7) is 19.3. The van der Waals surface area contributed by atoms with E-state index in [0.717, 1.165) is 22.4 Å². The number of nitrogens with one attached hydrogen (secondary N) is 1. The second-order valence-electron chi connectivity index (χ2n) is 13.8. The van der Waals surface area contributed by atoms with Gasteiger partial charge in [0.25, 0.3) is 0 Å². The third-order valence-electron chi connectivity index (χ3n) is 7.94. The SMILES string of the molecule is COC(=O)c1cncc(-c2cccc(NCC(C)N(CC(O[Si](C)(C)C(C)(C)C)c3cccc(Cl)c3)C(=O)OC(C)(C)C)c2)c1. The van der Waals surface area contributed by atoms with Crippen molar-refractivity contribution >= 4 is 37.7 Å². The molecule has 3 rings (SSSR count). The Hall–Kier alpha value is -3.40. The molecule has 0 fully saturated rings. The summed E-state index contributed by atoms with van der Waals surface area (Å²) < 4.78 is 17.7. The number of hydrogen-bond donors (Lipinski definition) is 1. The molecule has 0 bridgehead atoms. The first-order chi connectivity index (χ1) is 20.9. The van der Waals surface area contributed by atoms with Crippen LogP contribution < -0.4 is 5.32 Å². The van der Waals surface area contributed by atoms with Crippen molar-refractivity contribution in [3.05, 3.63) is 83.1 Å². The summed E-state index contributed by atoms with van der Waals surface area (Å²) in [7, 11) is -0.901. The van der Waals surface area contributed by atoms with Crippen LogP contribution in [0, 0.1) is 0 Å². The number of anilines is 1. The molecule has 1 aromatic heterocycles. The van der Waals surface area contributed by atoms with Gasteiger partial charge in [0.15, 0.2) is 8.32 Å². The molecule has 2 unspecified atom stereocenters. The molecule has 3 aromatic rings. The first-order valence-electron chi connectivity index (χ1n) is 15.2. The number of benzene rings is 2. The summed E-state index contributed by atoms with van der Waals surface area (Å²) in [4.78, 5) is 31.7. The Morgan fingerprint density at radius 2 is 1.67 bits per heavy atom. The highest BCUT2D eigenvalue weighted by molar-refractivity contribution is 6.74. The van der Waals surface area contributed by atoms with E-state index in [4.69, 9.17) is 25.5 Å². The van der Waals surface area contributed by atoms with Gasteiger partial charge in [0.1, 0.15) is 5.60 Å². The van der Waals surface area contributed by atoms with Crippen molar-refractivity contribution in [2.75, 3.05) is 25.5 Å². The minimum atomic E-state index is -2.25. The number of ether oxygens (including phenoxy) is 2. The van der Waals surface area contributed by atoms with Crippen molar-refractivity contribution in [3.63, 3.8) is 0 Å². The third kappa shape index (κ3) is 10.3. The Labute approximate surface area is 274 Å². The molecule has 0 saturated carbocycles. The molecule has 2 atom stereocenters. The lowest BCUT2D eigenvalue weighted by Crippen LogP contribution is -2.49. The molecule has 2 aromatic carbocycles. The zero-order valence-corrected chi connectivity index (χ0v) is 30.0. The third-order valence-corrected chi connectivity index (χ3v) is 12.7. The molecular weight excluding hydrogens is 606 g/mol. The van der Waals surface area contributed by atoms with E-state index in [9.17, 15) is 9.59 Å². The van der Waals surface area contributed by atoms with Crippen LogP contribution in [-0.2, 0) is 13.9 Å². The monoisotopic (exact) mass is 653 g/mol. The smallest absolute Gasteiger partial charge is 0.410 e. The summed E-state index contributed by atoms with van der Waals surface area (Å²) in [6, 6.07) is 17.0. The second-order valence-corrected chi connectivity index (χ2v) is 19.0. The second kappa shape index (κ2) is 14.8. The molecule has 244 valence electrons. The van der Waals surface area contributed by atoms with Crippen LogP contribution >= 0.6 is 11.6 Å². The highest BCUT2D eigenvalue weighted by Gasteiger charge is 2.41. The number of nitrogens with zero attached hydrogens (tertiary/aromatic N) is 2. The maximum Gasteiger partial charge on any atom is 0.410 e. The molecule has 10 heteroatoms. The van der Waals surface area contributed by atoms with Gasteiger partial charge in [-0.3, -0.25) is 4.98 Å². The quantitative estimate of drug-likeness (QED) is 0.163.